The summed E-state index contributed by atoms with van der Waals surface area (Å²) in [5, 5.41) is 12.1. The van der Waals surface area contributed by atoms with Gasteiger partial charge in [0.05, 0.1) is 11.4 Å². The molecule has 0 saturated heterocycles. The van der Waals surface area contributed by atoms with E-state index < -0.39 is 0 Å². The van der Waals surface area contributed by atoms with Crippen molar-refractivity contribution in [3.8, 4) is 5.69 Å². The summed E-state index contributed by atoms with van der Waals surface area (Å²) in [6.07, 6.45) is 1.69. The Kier molecular flexibility index (Phi) is 6.75. The zero-order valence-corrected chi connectivity index (χ0v) is 18.5. The molecule has 0 saturated carbocycles. The van der Waals surface area contributed by atoms with Crippen LogP contribution in [0.25, 0.3) is 5.69 Å². The number of carbonyl (C=O) groups is 1. The normalized spacial score (nSPS) is 11.3. The molecule has 0 spiro atoms. The maximum Gasteiger partial charge on any atom is 0.234 e. The van der Waals surface area contributed by atoms with E-state index in [0.29, 0.717) is 17.0 Å². The minimum absolute atomic E-state index is 0.0377. The molecule has 2 aromatic carbocycles. The molecule has 0 unspecified atom stereocenters. The van der Waals surface area contributed by atoms with Gasteiger partial charge in [0.2, 0.25) is 5.91 Å². The fourth-order valence-corrected chi connectivity index (χ4v) is 4.04. The van der Waals surface area contributed by atoms with Gasteiger partial charge in [-0.3, -0.25) is 9.36 Å². The summed E-state index contributed by atoms with van der Waals surface area (Å²) in [6.45, 7) is 10.6. The van der Waals surface area contributed by atoms with E-state index in [0.717, 1.165) is 28.1 Å². The van der Waals surface area contributed by atoms with Crippen LogP contribution in [0.3, 0.4) is 0 Å². The molecule has 3 aromatic rings. The van der Waals surface area contributed by atoms with E-state index in [1.165, 1.54) is 11.8 Å². The maximum atomic E-state index is 12.8. The standard InChI is InChI=1S/C23H28N4OS/c1-15(2)18-10-8-11-19(16(3)4)22(18)25-21(28)13-29-23-26-24-14-27(23)20-12-7-6-9-17(20)5/h6-12,14-16H,13H2,1-5H3,(H,25,28). The number of anilines is 1. The van der Waals surface area contributed by atoms with Crippen LogP contribution >= 0.6 is 11.8 Å². The number of aryl methyl sites for hydroxylation is 1. The second-order valence-electron chi connectivity index (χ2n) is 7.73. The summed E-state index contributed by atoms with van der Waals surface area (Å²) in [7, 11) is 0. The summed E-state index contributed by atoms with van der Waals surface area (Å²) in [5.74, 6) is 0.903. The molecule has 1 heterocycles. The van der Waals surface area contributed by atoms with Crippen molar-refractivity contribution >= 4 is 23.4 Å². The lowest BCUT2D eigenvalue weighted by atomic mass is 9.92. The van der Waals surface area contributed by atoms with Crippen molar-refractivity contribution in [1.82, 2.24) is 14.8 Å². The van der Waals surface area contributed by atoms with Gasteiger partial charge in [0.25, 0.3) is 0 Å². The Hall–Kier alpha value is -2.60. The highest BCUT2D eigenvalue weighted by atomic mass is 32.2. The topological polar surface area (TPSA) is 59.8 Å². The van der Waals surface area contributed by atoms with E-state index in [-0.39, 0.29) is 11.7 Å². The van der Waals surface area contributed by atoms with E-state index >= 15 is 0 Å². The van der Waals surface area contributed by atoms with Gasteiger partial charge in [0.1, 0.15) is 6.33 Å². The zero-order chi connectivity index (χ0) is 21.0. The molecule has 6 heteroatoms. The SMILES string of the molecule is Cc1ccccc1-n1cnnc1SCC(=O)Nc1c(C(C)C)cccc1C(C)C. The number of benzene rings is 2. The first-order chi connectivity index (χ1) is 13.9. The van der Waals surface area contributed by atoms with Crippen LogP contribution in [0.15, 0.2) is 53.9 Å². The molecular formula is C23H28N4OS. The van der Waals surface area contributed by atoms with Crippen molar-refractivity contribution in [3.63, 3.8) is 0 Å². The minimum Gasteiger partial charge on any atom is -0.325 e. The minimum atomic E-state index is -0.0377. The van der Waals surface area contributed by atoms with Crippen LogP contribution in [-0.2, 0) is 4.79 Å². The number of amides is 1. The third kappa shape index (κ3) is 4.88. The predicted octanol–water partition coefficient (Wildman–Crippen LogP) is 5.55. The van der Waals surface area contributed by atoms with Crippen molar-refractivity contribution in [1.29, 1.82) is 0 Å². The number of para-hydroxylation sites is 2. The second kappa shape index (κ2) is 9.27. The number of nitrogens with zero attached hydrogens (tertiary/aromatic N) is 3. The van der Waals surface area contributed by atoms with Crippen molar-refractivity contribution in [2.45, 2.75) is 51.6 Å². The van der Waals surface area contributed by atoms with Gasteiger partial charge < -0.3 is 5.32 Å². The summed E-state index contributed by atoms with van der Waals surface area (Å²) >= 11 is 1.39. The number of thioether (sulfide) groups is 1. The molecule has 5 nitrogen and oxygen atoms in total. The van der Waals surface area contributed by atoms with Gasteiger partial charge in [-0.05, 0) is 41.5 Å². The van der Waals surface area contributed by atoms with Crippen LogP contribution in [0.1, 0.15) is 56.2 Å². The van der Waals surface area contributed by atoms with Crippen LogP contribution in [0.5, 0.6) is 0 Å². The molecule has 0 fully saturated rings. The Balaban J connectivity index is 1.76. The monoisotopic (exact) mass is 408 g/mol. The van der Waals surface area contributed by atoms with E-state index in [2.05, 4.69) is 61.4 Å². The van der Waals surface area contributed by atoms with Gasteiger partial charge in [-0.25, -0.2) is 0 Å². The van der Waals surface area contributed by atoms with Crippen LogP contribution < -0.4 is 5.32 Å². The molecule has 0 radical (unpaired) electrons. The van der Waals surface area contributed by atoms with Gasteiger partial charge in [-0.2, -0.15) is 0 Å². The molecule has 1 amide bonds. The molecule has 0 aliphatic rings. The predicted molar refractivity (Wildman–Crippen MR) is 120 cm³/mol. The third-order valence-corrected chi connectivity index (χ3v) is 5.80. The first kappa shape index (κ1) is 21.1. The largest absolute Gasteiger partial charge is 0.325 e. The second-order valence-corrected chi connectivity index (χ2v) is 8.67. The number of rotatable bonds is 7. The molecule has 0 bridgehead atoms. The number of hydrogen-bond donors (Lipinski definition) is 1. The van der Waals surface area contributed by atoms with E-state index in [1.54, 1.807) is 6.33 Å². The zero-order valence-electron chi connectivity index (χ0n) is 17.6. The van der Waals surface area contributed by atoms with Crippen molar-refractivity contribution in [2.75, 3.05) is 11.1 Å². The Morgan fingerprint density at radius 2 is 1.69 bits per heavy atom. The Morgan fingerprint density at radius 3 is 2.31 bits per heavy atom. The molecule has 0 atom stereocenters. The number of hydrogen-bond acceptors (Lipinski definition) is 4. The van der Waals surface area contributed by atoms with Gasteiger partial charge in [0, 0.05) is 5.69 Å². The van der Waals surface area contributed by atoms with Crippen LogP contribution in [-0.4, -0.2) is 26.4 Å². The molecular weight excluding hydrogens is 380 g/mol. The summed E-state index contributed by atoms with van der Waals surface area (Å²) < 4.78 is 1.93. The first-order valence-corrected chi connectivity index (χ1v) is 10.9. The Labute approximate surface area is 176 Å². The Morgan fingerprint density at radius 1 is 1.03 bits per heavy atom. The van der Waals surface area contributed by atoms with E-state index in [9.17, 15) is 4.79 Å². The van der Waals surface area contributed by atoms with Gasteiger partial charge in [-0.15, -0.1) is 10.2 Å². The van der Waals surface area contributed by atoms with E-state index in [4.69, 9.17) is 0 Å². The number of aromatic nitrogens is 3. The molecule has 0 aliphatic heterocycles. The van der Waals surface area contributed by atoms with Crippen molar-refractivity contribution < 1.29 is 4.79 Å². The first-order valence-electron chi connectivity index (χ1n) is 9.90. The van der Waals surface area contributed by atoms with Gasteiger partial charge >= 0.3 is 0 Å². The lowest BCUT2D eigenvalue weighted by Crippen LogP contribution is -2.18. The summed E-state index contributed by atoms with van der Waals surface area (Å²) in [4.78, 5) is 12.8. The highest BCUT2D eigenvalue weighted by molar-refractivity contribution is 7.99. The summed E-state index contributed by atoms with van der Waals surface area (Å²) in [6, 6.07) is 14.3. The highest BCUT2D eigenvalue weighted by Gasteiger charge is 2.17. The quantitative estimate of drug-likeness (QED) is 0.521. The van der Waals surface area contributed by atoms with Crippen LogP contribution in [0.2, 0.25) is 0 Å². The lowest BCUT2D eigenvalue weighted by molar-refractivity contribution is -0.113. The van der Waals surface area contributed by atoms with E-state index in [1.807, 2.05) is 35.8 Å². The number of nitrogens with one attached hydrogen (secondary N) is 1. The Bertz CT molecular complexity index is 968. The van der Waals surface area contributed by atoms with Crippen LogP contribution in [0, 0.1) is 6.92 Å². The van der Waals surface area contributed by atoms with Crippen molar-refractivity contribution in [3.05, 3.63) is 65.5 Å². The fraction of sp³-hybridized carbons (Fsp3) is 0.348. The third-order valence-electron chi connectivity index (χ3n) is 4.86. The average Bonchev–Trinajstić information content (AvgIpc) is 3.15. The maximum absolute atomic E-state index is 12.8. The molecule has 0 aliphatic carbocycles. The molecule has 1 aromatic heterocycles. The molecule has 152 valence electrons. The van der Waals surface area contributed by atoms with Gasteiger partial charge in [-0.1, -0.05) is 75.9 Å². The van der Waals surface area contributed by atoms with Crippen molar-refractivity contribution in [2.24, 2.45) is 0 Å². The van der Waals surface area contributed by atoms with Crippen LogP contribution in [0.4, 0.5) is 5.69 Å². The fourth-order valence-electron chi connectivity index (χ4n) is 3.32. The van der Waals surface area contributed by atoms with Gasteiger partial charge in [0.15, 0.2) is 5.16 Å². The molecule has 29 heavy (non-hydrogen) atoms. The smallest absolute Gasteiger partial charge is 0.234 e. The number of carbonyl (C=O) groups excluding carboxylic acids is 1. The average molecular weight is 409 g/mol. The lowest BCUT2D eigenvalue weighted by Gasteiger charge is -2.20. The molecule has 1 N–H and O–H groups in total. The highest BCUT2D eigenvalue weighted by Crippen LogP contribution is 2.32. The molecule has 3 rings (SSSR count). The summed E-state index contributed by atoms with van der Waals surface area (Å²) in [5.41, 5.74) is 5.43.